The number of rotatable bonds is 6. The van der Waals surface area contributed by atoms with Gasteiger partial charge in [0.05, 0.1) is 12.0 Å². The Morgan fingerprint density at radius 1 is 1.35 bits per heavy atom. The Morgan fingerprint density at radius 3 is 2.78 bits per heavy atom. The lowest BCUT2D eigenvalue weighted by Gasteiger charge is -2.09. The first-order chi connectivity index (χ1) is 11.1. The van der Waals surface area contributed by atoms with Gasteiger partial charge in [-0.2, -0.15) is 0 Å². The van der Waals surface area contributed by atoms with E-state index in [0.29, 0.717) is 16.2 Å². The van der Waals surface area contributed by atoms with Crippen LogP contribution in [0.5, 0.6) is 5.75 Å². The second-order valence-corrected chi connectivity index (χ2v) is 5.48. The minimum absolute atomic E-state index is 0.169. The second-order valence-electron chi connectivity index (χ2n) is 4.48. The number of nitrogens with zero attached hydrogens (tertiary/aromatic N) is 1. The lowest BCUT2D eigenvalue weighted by atomic mass is 10.2. The van der Waals surface area contributed by atoms with Crippen LogP contribution in [-0.4, -0.2) is 42.3 Å². The molecule has 2 amide bonds. The van der Waals surface area contributed by atoms with Crippen molar-refractivity contribution in [3.05, 3.63) is 47.4 Å². The van der Waals surface area contributed by atoms with Crippen LogP contribution >= 0.6 is 11.8 Å². The maximum atomic E-state index is 12.2. The lowest BCUT2D eigenvalue weighted by Crippen LogP contribution is -2.27. The molecule has 120 valence electrons. The molecule has 7 heteroatoms. The van der Waals surface area contributed by atoms with Crippen LogP contribution in [0.3, 0.4) is 0 Å². The number of imide groups is 1. The highest BCUT2D eigenvalue weighted by Gasteiger charge is 2.34. The zero-order valence-electron chi connectivity index (χ0n) is 12.5. The number of carbonyl (C=O) groups is 3. The number of esters is 1. The smallest absolute Gasteiger partial charge is 0.343 e. The van der Waals surface area contributed by atoms with Gasteiger partial charge in [0.1, 0.15) is 5.75 Å². The molecule has 0 bridgehead atoms. The summed E-state index contributed by atoms with van der Waals surface area (Å²) in [5.41, 5.74) is 0.598. The average Bonchev–Trinajstić information content (AvgIpc) is 2.81. The number of carbonyl (C=O) groups excluding carboxylic acids is 3. The predicted molar refractivity (Wildman–Crippen MR) is 86.8 cm³/mol. The summed E-state index contributed by atoms with van der Waals surface area (Å²) >= 11 is 0.858. The van der Waals surface area contributed by atoms with Gasteiger partial charge in [0, 0.05) is 12.1 Å². The van der Waals surface area contributed by atoms with Crippen LogP contribution in [0, 0.1) is 0 Å². The monoisotopic (exact) mass is 333 g/mol. The average molecular weight is 333 g/mol. The van der Waals surface area contributed by atoms with Crippen molar-refractivity contribution in [2.45, 2.75) is 0 Å². The zero-order chi connectivity index (χ0) is 16.8. The van der Waals surface area contributed by atoms with E-state index in [9.17, 15) is 14.4 Å². The van der Waals surface area contributed by atoms with Gasteiger partial charge in [0.25, 0.3) is 11.1 Å². The van der Waals surface area contributed by atoms with Crippen LogP contribution in [0.15, 0.2) is 41.8 Å². The van der Waals surface area contributed by atoms with Crippen molar-refractivity contribution < 1.29 is 23.9 Å². The number of ether oxygens (including phenoxy) is 2. The van der Waals surface area contributed by atoms with Crippen molar-refractivity contribution in [3.8, 4) is 5.75 Å². The topological polar surface area (TPSA) is 72.9 Å². The summed E-state index contributed by atoms with van der Waals surface area (Å²) in [5.74, 6) is -0.456. The largest absolute Gasteiger partial charge is 0.481 e. The quantitative estimate of drug-likeness (QED) is 0.452. The summed E-state index contributed by atoms with van der Waals surface area (Å²) in [6.07, 6.45) is 3.06. The first kappa shape index (κ1) is 16.8. The fourth-order valence-corrected chi connectivity index (χ4v) is 2.69. The number of thioether (sulfide) groups is 1. The van der Waals surface area contributed by atoms with E-state index in [0.717, 1.165) is 16.7 Å². The molecule has 1 aliphatic heterocycles. The number of hydrogen-bond donors (Lipinski definition) is 0. The van der Waals surface area contributed by atoms with E-state index in [1.807, 2.05) is 0 Å². The summed E-state index contributed by atoms with van der Waals surface area (Å²) in [6, 6.07) is 6.91. The van der Waals surface area contributed by atoms with Crippen LogP contribution in [-0.2, 0) is 14.3 Å². The van der Waals surface area contributed by atoms with Gasteiger partial charge in [-0.3, -0.25) is 14.5 Å². The summed E-state index contributed by atoms with van der Waals surface area (Å²) in [6.45, 7) is 3.46. The molecule has 0 unspecified atom stereocenters. The molecule has 1 aromatic rings. The summed E-state index contributed by atoms with van der Waals surface area (Å²) in [4.78, 5) is 36.6. The van der Waals surface area contributed by atoms with Gasteiger partial charge in [0.15, 0.2) is 6.61 Å². The third-order valence-electron chi connectivity index (χ3n) is 2.96. The Labute approximate surface area is 137 Å². The predicted octanol–water partition coefficient (Wildman–Crippen LogP) is 2.46. The highest BCUT2D eigenvalue weighted by Crippen LogP contribution is 2.33. The molecule has 23 heavy (non-hydrogen) atoms. The Hall–Kier alpha value is -2.54. The third-order valence-corrected chi connectivity index (χ3v) is 3.87. The van der Waals surface area contributed by atoms with E-state index in [1.165, 1.54) is 13.2 Å². The van der Waals surface area contributed by atoms with Crippen molar-refractivity contribution in [3.63, 3.8) is 0 Å². The fraction of sp³-hybridized carbons (Fsp3) is 0.188. The molecule has 1 saturated heterocycles. The SMILES string of the molecule is C=CCN1C(=O)S/C(=C\c2ccccc2OCC(=O)OC)C1=O. The van der Waals surface area contributed by atoms with Gasteiger partial charge < -0.3 is 9.47 Å². The Balaban J connectivity index is 2.22. The maximum absolute atomic E-state index is 12.2. The molecule has 0 aromatic heterocycles. The molecule has 0 saturated carbocycles. The molecule has 2 rings (SSSR count). The second kappa shape index (κ2) is 7.64. The lowest BCUT2D eigenvalue weighted by molar-refractivity contribution is -0.142. The van der Waals surface area contributed by atoms with Gasteiger partial charge in [-0.15, -0.1) is 6.58 Å². The van der Waals surface area contributed by atoms with Gasteiger partial charge >= 0.3 is 5.97 Å². The molecule has 1 fully saturated rings. The first-order valence-corrected chi connectivity index (χ1v) is 7.53. The van der Waals surface area contributed by atoms with Crippen molar-refractivity contribution in [1.82, 2.24) is 4.90 Å². The Morgan fingerprint density at radius 2 is 2.09 bits per heavy atom. The van der Waals surface area contributed by atoms with Gasteiger partial charge in [0.2, 0.25) is 0 Å². The fourth-order valence-electron chi connectivity index (χ4n) is 1.85. The Bertz CT molecular complexity index is 683. The molecule has 1 aliphatic rings. The number of methoxy groups -OCH3 is 1. The molecule has 0 N–H and O–H groups in total. The molecule has 0 atom stereocenters. The standard InChI is InChI=1S/C16H15NO5S/c1-3-8-17-15(19)13(23-16(17)20)9-11-6-4-5-7-12(11)22-10-14(18)21-2/h3-7,9H,1,8,10H2,2H3/b13-9-. The van der Waals surface area contributed by atoms with Crippen LogP contribution in [0.25, 0.3) is 6.08 Å². The molecular weight excluding hydrogens is 318 g/mol. The van der Waals surface area contributed by atoms with Crippen molar-refractivity contribution >= 4 is 35.0 Å². The van der Waals surface area contributed by atoms with E-state index in [4.69, 9.17) is 4.74 Å². The highest BCUT2D eigenvalue weighted by molar-refractivity contribution is 8.18. The summed E-state index contributed by atoms with van der Waals surface area (Å²) in [5, 5.41) is -0.339. The summed E-state index contributed by atoms with van der Waals surface area (Å²) in [7, 11) is 1.27. The normalized spacial score (nSPS) is 15.9. The van der Waals surface area contributed by atoms with Crippen LogP contribution in [0.1, 0.15) is 5.56 Å². The molecule has 1 aromatic carbocycles. The van der Waals surface area contributed by atoms with Crippen molar-refractivity contribution in [2.75, 3.05) is 20.3 Å². The maximum Gasteiger partial charge on any atom is 0.343 e. The number of hydrogen-bond acceptors (Lipinski definition) is 6. The van der Waals surface area contributed by atoms with E-state index >= 15 is 0 Å². The molecule has 1 heterocycles. The number of amides is 2. The van der Waals surface area contributed by atoms with Gasteiger partial charge in [-0.05, 0) is 23.9 Å². The van der Waals surface area contributed by atoms with Gasteiger partial charge in [-0.1, -0.05) is 24.3 Å². The third kappa shape index (κ3) is 4.01. The summed E-state index contributed by atoms with van der Waals surface area (Å²) < 4.78 is 9.90. The zero-order valence-corrected chi connectivity index (χ0v) is 13.3. The molecular formula is C16H15NO5S. The van der Waals surface area contributed by atoms with Gasteiger partial charge in [-0.25, -0.2) is 4.79 Å². The highest BCUT2D eigenvalue weighted by atomic mass is 32.2. The first-order valence-electron chi connectivity index (χ1n) is 6.71. The Kier molecular flexibility index (Phi) is 5.59. The van der Waals surface area contributed by atoms with Crippen molar-refractivity contribution in [2.24, 2.45) is 0 Å². The van der Waals surface area contributed by atoms with E-state index in [-0.39, 0.29) is 24.3 Å². The van der Waals surface area contributed by atoms with E-state index in [2.05, 4.69) is 11.3 Å². The van der Waals surface area contributed by atoms with Crippen LogP contribution < -0.4 is 4.74 Å². The van der Waals surface area contributed by atoms with Crippen LogP contribution in [0.2, 0.25) is 0 Å². The van der Waals surface area contributed by atoms with E-state index < -0.39 is 5.97 Å². The molecule has 0 radical (unpaired) electrons. The van der Waals surface area contributed by atoms with Crippen molar-refractivity contribution in [1.29, 1.82) is 0 Å². The molecule has 6 nitrogen and oxygen atoms in total. The molecule has 0 spiro atoms. The minimum Gasteiger partial charge on any atom is -0.481 e. The minimum atomic E-state index is -0.508. The molecule has 0 aliphatic carbocycles. The number of benzene rings is 1. The number of para-hydroxylation sites is 1. The van der Waals surface area contributed by atoms with E-state index in [1.54, 1.807) is 30.3 Å². The van der Waals surface area contributed by atoms with Crippen LogP contribution in [0.4, 0.5) is 4.79 Å².